The Kier molecular flexibility index (Phi) is 8.78. The highest BCUT2D eigenvalue weighted by molar-refractivity contribution is 7.87. The van der Waals surface area contributed by atoms with Gasteiger partial charge in [-0.15, -0.1) is 0 Å². The van der Waals surface area contributed by atoms with Crippen molar-refractivity contribution in [2.45, 2.75) is 64.8 Å². The van der Waals surface area contributed by atoms with Gasteiger partial charge in [0.1, 0.15) is 0 Å². The summed E-state index contributed by atoms with van der Waals surface area (Å²) < 4.78 is 29.7. The SMILES string of the molecule is CCCCC(CCC)NS(=O)(=O)N1CCCC(CNC)C1. The minimum Gasteiger partial charge on any atom is -0.319 e. The fraction of sp³-hybridized carbons (Fsp3) is 1.00. The van der Waals surface area contributed by atoms with Crippen LogP contribution in [0.5, 0.6) is 0 Å². The van der Waals surface area contributed by atoms with Gasteiger partial charge in [-0.1, -0.05) is 33.1 Å². The molecule has 0 saturated carbocycles. The van der Waals surface area contributed by atoms with Gasteiger partial charge >= 0.3 is 0 Å². The quantitative estimate of drug-likeness (QED) is 0.648. The Labute approximate surface area is 131 Å². The molecule has 2 N–H and O–H groups in total. The number of rotatable bonds is 10. The number of nitrogens with zero attached hydrogens (tertiary/aromatic N) is 1. The third-order valence-electron chi connectivity index (χ3n) is 4.17. The van der Waals surface area contributed by atoms with Crippen LogP contribution in [-0.4, -0.2) is 45.4 Å². The maximum Gasteiger partial charge on any atom is 0.279 e. The molecule has 0 aromatic rings. The van der Waals surface area contributed by atoms with Crippen LogP contribution in [0.25, 0.3) is 0 Å². The van der Waals surface area contributed by atoms with Crippen LogP contribution in [0.15, 0.2) is 0 Å². The molecule has 1 rings (SSSR count). The molecule has 1 fully saturated rings. The largest absolute Gasteiger partial charge is 0.319 e. The molecule has 0 aromatic carbocycles. The van der Waals surface area contributed by atoms with Crippen LogP contribution in [0.3, 0.4) is 0 Å². The topological polar surface area (TPSA) is 61.4 Å². The Morgan fingerprint density at radius 1 is 1.24 bits per heavy atom. The molecule has 0 radical (unpaired) electrons. The van der Waals surface area contributed by atoms with Gasteiger partial charge in [-0.2, -0.15) is 17.4 Å². The molecule has 2 atom stereocenters. The lowest BCUT2D eigenvalue weighted by atomic mass is 10.00. The molecule has 0 spiro atoms. The summed E-state index contributed by atoms with van der Waals surface area (Å²) in [5.74, 6) is 0.431. The second-order valence-corrected chi connectivity index (χ2v) is 7.88. The van der Waals surface area contributed by atoms with Crippen molar-refractivity contribution in [1.82, 2.24) is 14.3 Å². The van der Waals surface area contributed by atoms with Crippen molar-refractivity contribution >= 4 is 10.2 Å². The zero-order valence-electron chi connectivity index (χ0n) is 13.9. The third-order valence-corrected chi connectivity index (χ3v) is 5.82. The minimum absolute atomic E-state index is 0.0876. The first-order chi connectivity index (χ1) is 10.0. The molecule has 1 saturated heterocycles. The van der Waals surface area contributed by atoms with Gasteiger partial charge < -0.3 is 5.32 Å². The second kappa shape index (κ2) is 9.77. The molecule has 5 nitrogen and oxygen atoms in total. The van der Waals surface area contributed by atoms with Crippen molar-refractivity contribution in [3.05, 3.63) is 0 Å². The van der Waals surface area contributed by atoms with Crippen molar-refractivity contribution in [3.8, 4) is 0 Å². The summed E-state index contributed by atoms with van der Waals surface area (Å²) in [6.45, 7) is 6.44. The first kappa shape index (κ1) is 18.9. The molecule has 6 heteroatoms. The summed E-state index contributed by atoms with van der Waals surface area (Å²) in [7, 11) is -1.41. The number of piperidine rings is 1. The molecule has 0 amide bonds. The molecule has 1 aliphatic rings. The average molecular weight is 320 g/mol. The molecule has 1 aliphatic heterocycles. The molecule has 126 valence electrons. The summed E-state index contributed by atoms with van der Waals surface area (Å²) in [6.07, 6.45) is 7.14. The van der Waals surface area contributed by atoms with E-state index < -0.39 is 10.2 Å². The van der Waals surface area contributed by atoms with E-state index in [0.29, 0.717) is 19.0 Å². The Balaban J connectivity index is 2.60. The Bertz CT molecular complexity index is 371. The van der Waals surface area contributed by atoms with Crippen molar-refractivity contribution in [1.29, 1.82) is 0 Å². The van der Waals surface area contributed by atoms with Gasteiger partial charge in [0.05, 0.1) is 0 Å². The molecular formula is C15H33N3O2S. The Hall–Kier alpha value is -0.170. The first-order valence-corrected chi connectivity index (χ1v) is 9.89. The van der Waals surface area contributed by atoms with E-state index in [1.54, 1.807) is 4.31 Å². The second-order valence-electron chi connectivity index (χ2n) is 6.17. The third kappa shape index (κ3) is 6.63. The highest BCUT2D eigenvalue weighted by Gasteiger charge is 2.29. The number of hydrogen-bond acceptors (Lipinski definition) is 3. The lowest BCUT2D eigenvalue weighted by Gasteiger charge is -2.33. The van der Waals surface area contributed by atoms with Crippen molar-refractivity contribution in [2.75, 3.05) is 26.7 Å². The van der Waals surface area contributed by atoms with Gasteiger partial charge in [-0.25, -0.2) is 0 Å². The number of unbranched alkanes of at least 4 members (excludes halogenated alkanes) is 1. The lowest BCUT2D eigenvalue weighted by molar-refractivity contribution is 0.258. The van der Waals surface area contributed by atoms with Gasteiger partial charge in [0.25, 0.3) is 10.2 Å². The van der Waals surface area contributed by atoms with Crippen LogP contribution in [0.1, 0.15) is 58.8 Å². The number of hydrogen-bond donors (Lipinski definition) is 2. The predicted molar refractivity (Wildman–Crippen MR) is 88.5 cm³/mol. The average Bonchev–Trinajstić information content (AvgIpc) is 2.45. The molecule has 21 heavy (non-hydrogen) atoms. The van der Waals surface area contributed by atoms with Crippen molar-refractivity contribution in [2.24, 2.45) is 5.92 Å². The standard InChI is InChI=1S/C15H33N3O2S/c1-4-6-10-15(8-5-2)17-21(19,20)18-11-7-9-14(13-18)12-16-3/h14-17H,4-13H2,1-3H3. The Morgan fingerprint density at radius 2 is 2.00 bits per heavy atom. The van der Waals surface area contributed by atoms with Crippen molar-refractivity contribution < 1.29 is 8.42 Å². The van der Waals surface area contributed by atoms with Crippen LogP contribution >= 0.6 is 0 Å². The van der Waals surface area contributed by atoms with E-state index in [1.165, 1.54) is 0 Å². The summed E-state index contributed by atoms with van der Waals surface area (Å²) in [5, 5.41) is 3.16. The fourth-order valence-electron chi connectivity index (χ4n) is 3.05. The molecule has 0 aliphatic carbocycles. The highest BCUT2D eigenvalue weighted by atomic mass is 32.2. The first-order valence-electron chi connectivity index (χ1n) is 8.45. The molecule has 0 bridgehead atoms. The van der Waals surface area contributed by atoms with Gasteiger partial charge in [-0.3, -0.25) is 0 Å². The van der Waals surface area contributed by atoms with E-state index in [2.05, 4.69) is 23.9 Å². The van der Waals surface area contributed by atoms with Gasteiger partial charge in [0.2, 0.25) is 0 Å². The minimum atomic E-state index is -3.33. The number of nitrogens with one attached hydrogen (secondary N) is 2. The maximum absolute atomic E-state index is 12.6. The van der Waals surface area contributed by atoms with Gasteiger partial charge in [0, 0.05) is 19.1 Å². The van der Waals surface area contributed by atoms with Crippen molar-refractivity contribution in [3.63, 3.8) is 0 Å². The summed E-state index contributed by atoms with van der Waals surface area (Å²) in [6, 6.07) is 0.0876. The molecule has 1 heterocycles. The summed E-state index contributed by atoms with van der Waals surface area (Å²) in [5.41, 5.74) is 0. The summed E-state index contributed by atoms with van der Waals surface area (Å²) >= 11 is 0. The van der Waals surface area contributed by atoms with Crippen LogP contribution < -0.4 is 10.0 Å². The zero-order chi connectivity index (χ0) is 15.7. The normalized spacial score (nSPS) is 22.3. The lowest BCUT2D eigenvalue weighted by Crippen LogP contribution is -2.50. The zero-order valence-corrected chi connectivity index (χ0v) is 14.7. The fourth-order valence-corrected chi connectivity index (χ4v) is 4.63. The van der Waals surface area contributed by atoms with Crippen LogP contribution in [-0.2, 0) is 10.2 Å². The summed E-state index contributed by atoms with van der Waals surface area (Å²) in [4.78, 5) is 0. The molecule has 2 unspecified atom stereocenters. The van der Waals surface area contributed by atoms with Gasteiger partial charge in [-0.05, 0) is 45.2 Å². The monoisotopic (exact) mass is 319 g/mol. The smallest absolute Gasteiger partial charge is 0.279 e. The highest BCUT2D eigenvalue weighted by Crippen LogP contribution is 2.19. The van der Waals surface area contributed by atoms with E-state index >= 15 is 0 Å². The van der Waals surface area contributed by atoms with E-state index in [0.717, 1.165) is 51.5 Å². The molecular weight excluding hydrogens is 286 g/mol. The van der Waals surface area contributed by atoms with E-state index in [-0.39, 0.29) is 6.04 Å². The van der Waals surface area contributed by atoms with Crippen LogP contribution in [0, 0.1) is 5.92 Å². The Morgan fingerprint density at radius 3 is 2.62 bits per heavy atom. The van der Waals surface area contributed by atoms with E-state index in [1.807, 2.05) is 7.05 Å². The predicted octanol–water partition coefficient (Wildman–Crippen LogP) is 2.11. The van der Waals surface area contributed by atoms with E-state index in [9.17, 15) is 8.42 Å². The van der Waals surface area contributed by atoms with Gasteiger partial charge in [0.15, 0.2) is 0 Å². The van der Waals surface area contributed by atoms with Crippen LogP contribution in [0.2, 0.25) is 0 Å². The maximum atomic E-state index is 12.6. The molecule has 0 aromatic heterocycles. The van der Waals surface area contributed by atoms with E-state index in [4.69, 9.17) is 0 Å². The van der Waals surface area contributed by atoms with Crippen LogP contribution in [0.4, 0.5) is 0 Å².